The molecule has 1 amide bonds. The average Bonchev–Trinajstić information content (AvgIpc) is 2.48. The van der Waals surface area contributed by atoms with Gasteiger partial charge in [0.1, 0.15) is 0 Å². The fraction of sp³-hybridized carbons (Fsp3) is 0.500. The predicted molar refractivity (Wildman–Crippen MR) is 86.0 cm³/mol. The monoisotopic (exact) mass is 323 g/mol. The van der Waals surface area contributed by atoms with E-state index in [0.717, 1.165) is 5.56 Å². The van der Waals surface area contributed by atoms with Gasteiger partial charge in [0.15, 0.2) is 5.60 Å². The van der Waals surface area contributed by atoms with Crippen LogP contribution in [0.25, 0.3) is 0 Å². The number of rotatable bonds is 5. The number of aliphatic hydroxyl groups excluding tert-OH is 1. The summed E-state index contributed by atoms with van der Waals surface area (Å²) >= 11 is 1.48. The Balaban J connectivity index is 2.15. The number of carbonyl (C=O) groups excluding carboxylic acids is 2. The molecule has 0 aromatic heterocycles. The summed E-state index contributed by atoms with van der Waals surface area (Å²) in [5.41, 5.74) is 0.101. The lowest BCUT2D eigenvalue weighted by Crippen LogP contribution is -2.55. The van der Waals surface area contributed by atoms with Gasteiger partial charge in [0.05, 0.1) is 12.2 Å². The molecule has 6 heteroatoms. The van der Waals surface area contributed by atoms with Crippen LogP contribution in [0.15, 0.2) is 24.3 Å². The second-order valence-corrected chi connectivity index (χ2v) is 6.75. The van der Waals surface area contributed by atoms with E-state index >= 15 is 0 Å². The summed E-state index contributed by atoms with van der Waals surface area (Å²) in [4.78, 5) is 24.6. The average molecular weight is 323 g/mol. The van der Waals surface area contributed by atoms with E-state index in [2.05, 4.69) is 5.32 Å². The molecule has 2 N–H and O–H groups in total. The molecule has 1 aliphatic rings. The van der Waals surface area contributed by atoms with E-state index < -0.39 is 11.6 Å². The molecule has 1 heterocycles. The quantitative estimate of drug-likeness (QED) is 0.801. The molecular formula is C16H21NO4S. The van der Waals surface area contributed by atoms with Crippen molar-refractivity contribution >= 4 is 23.6 Å². The van der Waals surface area contributed by atoms with E-state index in [9.17, 15) is 14.7 Å². The fourth-order valence-electron chi connectivity index (χ4n) is 2.55. The third-order valence-corrected chi connectivity index (χ3v) is 5.13. The maximum absolute atomic E-state index is 12.5. The Morgan fingerprint density at radius 2 is 2.18 bits per heavy atom. The number of nitrogens with one attached hydrogen (secondary N) is 1. The molecule has 5 nitrogen and oxygen atoms in total. The van der Waals surface area contributed by atoms with Crippen LogP contribution in [0.4, 0.5) is 0 Å². The van der Waals surface area contributed by atoms with Gasteiger partial charge in [-0.2, -0.15) is 11.8 Å². The van der Waals surface area contributed by atoms with Crippen molar-refractivity contribution in [2.24, 2.45) is 0 Å². The largest absolute Gasteiger partial charge is 0.445 e. The lowest BCUT2D eigenvalue weighted by molar-refractivity contribution is -0.140. The molecular weight excluding hydrogens is 302 g/mol. The maximum atomic E-state index is 12.5. The molecule has 0 fully saturated rings. The van der Waals surface area contributed by atoms with Crippen LogP contribution in [-0.2, 0) is 16.0 Å². The first-order chi connectivity index (χ1) is 10.4. The van der Waals surface area contributed by atoms with Crippen LogP contribution in [0.1, 0.15) is 29.8 Å². The standard InChI is InChI=1S/C16H21NO4S/c1-10(13(9-18)22-3)17-15(20)16(2)8-11-6-4-5-7-12(11)14(19)21-16/h4-7,10,13,18H,8-9H2,1-3H3,(H,17,20)/t10-,13+,16-/m0/s1. The van der Waals surface area contributed by atoms with Crippen molar-refractivity contribution in [2.75, 3.05) is 12.9 Å². The third kappa shape index (κ3) is 3.28. The number of thioether (sulfide) groups is 1. The van der Waals surface area contributed by atoms with Crippen molar-refractivity contribution in [3.05, 3.63) is 35.4 Å². The molecule has 3 atom stereocenters. The molecule has 0 saturated heterocycles. The Labute approximate surface area is 134 Å². The molecule has 22 heavy (non-hydrogen) atoms. The van der Waals surface area contributed by atoms with Gasteiger partial charge < -0.3 is 15.2 Å². The van der Waals surface area contributed by atoms with Gasteiger partial charge in [0.25, 0.3) is 5.91 Å². The third-order valence-electron chi connectivity index (χ3n) is 3.96. The van der Waals surface area contributed by atoms with E-state index in [0.29, 0.717) is 12.0 Å². The topological polar surface area (TPSA) is 75.6 Å². The molecule has 1 aromatic carbocycles. The van der Waals surface area contributed by atoms with Crippen molar-refractivity contribution in [1.29, 1.82) is 0 Å². The Morgan fingerprint density at radius 1 is 1.50 bits per heavy atom. The van der Waals surface area contributed by atoms with Crippen molar-refractivity contribution in [3.8, 4) is 0 Å². The van der Waals surface area contributed by atoms with Crippen molar-refractivity contribution < 1.29 is 19.4 Å². The Hall–Kier alpha value is -1.53. The first-order valence-electron chi connectivity index (χ1n) is 7.17. The Morgan fingerprint density at radius 3 is 2.82 bits per heavy atom. The van der Waals surface area contributed by atoms with Crippen LogP contribution in [-0.4, -0.2) is 46.7 Å². The van der Waals surface area contributed by atoms with Gasteiger partial charge in [0.2, 0.25) is 0 Å². The van der Waals surface area contributed by atoms with Gasteiger partial charge in [0, 0.05) is 17.7 Å². The van der Waals surface area contributed by atoms with Gasteiger partial charge in [-0.25, -0.2) is 4.79 Å². The number of aliphatic hydroxyl groups is 1. The number of hydrogen-bond donors (Lipinski definition) is 2. The number of ether oxygens (including phenoxy) is 1. The first-order valence-corrected chi connectivity index (χ1v) is 8.46. The normalized spacial score (nSPS) is 23.2. The zero-order chi connectivity index (χ0) is 16.3. The highest BCUT2D eigenvalue weighted by Gasteiger charge is 2.43. The van der Waals surface area contributed by atoms with Gasteiger partial charge in [-0.05, 0) is 31.7 Å². The summed E-state index contributed by atoms with van der Waals surface area (Å²) in [7, 11) is 0. The number of esters is 1. The van der Waals surface area contributed by atoms with Crippen LogP contribution in [0.2, 0.25) is 0 Å². The number of benzene rings is 1. The number of carbonyl (C=O) groups is 2. The van der Waals surface area contributed by atoms with Gasteiger partial charge in [-0.1, -0.05) is 18.2 Å². The molecule has 120 valence electrons. The van der Waals surface area contributed by atoms with Crippen molar-refractivity contribution in [1.82, 2.24) is 5.32 Å². The Bertz CT molecular complexity index is 573. The van der Waals surface area contributed by atoms with Crippen LogP contribution in [0.5, 0.6) is 0 Å². The summed E-state index contributed by atoms with van der Waals surface area (Å²) in [6, 6.07) is 6.93. The number of hydrogen-bond acceptors (Lipinski definition) is 5. The van der Waals surface area contributed by atoms with E-state index in [4.69, 9.17) is 4.74 Å². The second kappa shape index (κ2) is 6.71. The van der Waals surface area contributed by atoms with Crippen LogP contribution in [0, 0.1) is 0 Å². The molecule has 2 rings (SSSR count). The highest BCUT2D eigenvalue weighted by Crippen LogP contribution is 2.28. The van der Waals surface area contributed by atoms with Crippen molar-refractivity contribution in [2.45, 2.75) is 37.2 Å². The summed E-state index contributed by atoms with van der Waals surface area (Å²) in [5.74, 6) is -0.814. The lowest BCUT2D eigenvalue weighted by atomic mass is 9.89. The highest BCUT2D eigenvalue weighted by atomic mass is 32.2. The molecule has 1 aromatic rings. The first kappa shape index (κ1) is 16.8. The van der Waals surface area contributed by atoms with Crippen molar-refractivity contribution in [3.63, 3.8) is 0 Å². The molecule has 0 unspecified atom stereocenters. The van der Waals surface area contributed by atoms with Gasteiger partial charge in [-0.15, -0.1) is 0 Å². The number of cyclic esters (lactones) is 1. The highest BCUT2D eigenvalue weighted by molar-refractivity contribution is 7.99. The van der Waals surface area contributed by atoms with E-state index in [1.165, 1.54) is 11.8 Å². The van der Waals surface area contributed by atoms with E-state index in [1.54, 1.807) is 19.1 Å². The smallest absolute Gasteiger partial charge is 0.339 e. The second-order valence-electron chi connectivity index (χ2n) is 5.67. The van der Waals surface area contributed by atoms with Gasteiger partial charge in [-0.3, -0.25) is 4.79 Å². The molecule has 0 saturated carbocycles. The molecule has 0 bridgehead atoms. The number of fused-ring (bicyclic) bond motifs is 1. The predicted octanol–water partition coefficient (Wildman–Crippen LogP) is 1.39. The summed E-state index contributed by atoms with van der Waals surface area (Å²) in [5, 5.41) is 12.0. The SMILES string of the molecule is CS[C@H](CO)[C@H](C)NC(=O)[C@]1(C)Cc2ccccc2C(=O)O1. The molecule has 0 radical (unpaired) electrons. The zero-order valence-corrected chi connectivity index (χ0v) is 13.8. The minimum atomic E-state index is -1.22. The summed E-state index contributed by atoms with van der Waals surface area (Å²) < 4.78 is 5.39. The van der Waals surface area contributed by atoms with Crippen LogP contribution < -0.4 is 5.32 Å². The number of amides is 1. The molecule has 1 aliphatic heterocycles. The van der Waals surface area contributed by atoms with E-state index in [1.807, 2.05) is 25.3 Å². The minimum Gasteiger partial charge on any atom is -0.445 e. The minimum absolute atomic E-state index is 0.0258. The lowest BCUT2D eigenvalue weighted by Gasteiger charge is -2.34. The van der Waals surface area contributed by atoms with E-state index in [-0.39, 0.29) is 23.8 Å². The summed E-state index contributed by atoms with van der Waals surface area (Å²) in [6.45, 7) is 3.43. The van der Waals surface area contributed by atoms with Gasteiger partial charge >= 0.3 is 5.97 Å². The van der Waals surface area contributed by atoms with Crippen LogP contribution >= 0.6 is 11.8 Å². The Kier molecular flexibility index (Phi) is 5.13. The fourth-order valence-corrected chi connectivity index (χ4v) is 3.17. The zero-order valence-electron chi connectivity index (χ0n) is 13.0. The molecule has 0 aliphatic carbocycles. The summed E-state index contributed by atoms with van der Waals surface area (Å²) in [6.07, 6.45) is 2.22. The molecule has 0 spiro atoms. The maximum Gasteiger partial charge on any atom is 0.339 e. The van der Waals surface area contributed by atoms with Crippen LogP contribution in [0.3, 0.4) is 0 Å².